The summed E-state index contributed by atoms with van der Waals surface area (Å²) in [4.78, 5) is 15.1. The molecule has 3 heterocycles. The Balaban J connectivity index is 1.35. The van der Waals surface area contributed by atoms with E-state index in [0.29, 0.717) is 37.8 Å². The Labute approximate surface area is 176 Å². The average molecular weight is 434 g/mol. The van der Waals surface area contributed by atoms with Gasteiger partial charge in [-0.25, -0.2) is 8.42 Å². The first-order valence-corrected chi connectivity index (χ1v) is 12.6. The maximum atomic E-state index is 12.7. The second-order valence-corrected chi connectivity index (χ2v) is 10.4. The van der Waals surface area contributed by atoms with Crippen LogP contribution in [0, 0.1) is 0 Å². The smallest absolute Gasteiger partial charge is 0.243 e. The van der Waals surface area contributed by atoms with E-state index in [1.165, 1.54) is 9.87 Å². The molecule has 2 aliphatic heterocycles. The highest BCUT2D eigenvalue weighted by Crippen LogP contribution is 2.33. The molecule has 0 spiro atoms. The zero-order valence-corrected chi connectivity index (χ0v) is 18.1. The molecule has 0 aliphatic carbocycles. The van der Waals surface area contributed by atoms with Crippen LogP contribution in [0.5, 0.6) is 0 Å². The highest BCUT2D eigenvalue weighted by Gasteiger charge is 2.28. The SMILES string of the molecule is O=C(CCN1CCC[C@@H]1c1ccsc1)Nc1cccc(S(=O)(=O)N2CCCC2)c1. The predicted octanol–water partition coefficient (Wildman–Crippen LogP) is 3.70. The van der Waals surface area contributed by atoms with Crippen LogP contribution in [0.4, 0.5) is 5.69 Å². The van der Waals surface area contributed by atoms with Gasteiger partial charge in [0.25, 0.3) is 0 Å². The van der Waals surface area contributed by atoms with Crippen molar-refractivity contribution in [2.24, 2.45) is 0 Å². The summed E-state index contributed by atoms with van der Waals surface area (Å²) in [6.07, 6.45) is 4.48. The Morgan fingerprint density at radius 2 is 1.97 bits per heavy atom. The number of nitrogens with one attached hydrogen (secondary N) is 1. The minimum absolute atomic E-state index is 0.0864. The van der Waals surface area contributed by atoms with E-state index in [2.05, 4.69) is 27.0 Å². The van der Waals surface area contributed by atoms with Crippen molar-refractivity contribution in [1.29, 1.82) is 0 Å². The zero-order chi connectivity index (χ0) is 20.3. The van der Waals surface area contributed by atoms with E-state index in [1.807, 2.05) is 0 Å². The molecule has 1 N–H and O–H groups in total. The highest BCUT2D eigenvalue weighted by molar-refractivity contribution is 7.89. The number of carbonyl (C=O) groups excluding carboxylic acids is 1. The van der Waals surface area contributed by atoms with Crippen LogP contribution in [-0.2, 0) is 14.8 Å². The number of sulfonamides is 1. The number of amides is 1. The molecule has 0 bridgehead atoms. The van der Waals surface area contributed by atoms with Crippen LogP contribution in [0.15, 0.2) is 46.0 Å². The van der Waals surface area contributed by atoms with Gasteiger partial charge in [0.15, 0.2) is 0 Å². The molecular weight excluding hydrogens is 406 g/mol. The van der Waals surface area contributed by atoms with Crippen molar-refractivity contribution in [3.05, 3.63) is 46.7 Å². The first kappa shape index (κ1) is 20.5. The number of rotatable bonds is 7. The van der Waals surface area contributed by atoms with Gasteiger partial charge in [-0.05, 0) is 72.8 Å². The molecule has 1 atom stereocenters. The van der Waals surface area contributed by atoms with Gasteiger partial charge in [0.05, 0.1) is 4.90 Å². The van der Waals surface area contributed by atoms with Crippen LogP contribution in [0.2, 0.25) is 0 Å². The predicted molar refractivity (Wildman–Crippen MR) is 116 cm³/mol. The molecule has 8 heteroatoms. The maximum absolute atomic E-state index is 12.7. The molecule has 2 fully saturated rings. The third kappa shape index (κ3) is 4.71. The molecule has 0 radical (unpaired) electrons. The third-order valence-electron chi connectivity index (χ3n) is 5.74. The monoisotopic (exact) mass is 433 g/mol. The van der Waals surface area contributed by atoms with E-state index in [-0.39, 0.29) is 10.8 Å². The minimum atomic E-state index is -3.48. The lowest BCUT2D eigenvalue weighted by Gasteiger charge is -2.23. The van der Waals surface area contributed by atoms with Gasteiger partial charge in [0.1, 0.15) is 0 Å². The molecule has 4 rings (SSSR count). The molecule has 2 aromatic rings. The number of anilines is 1. The normalized spacial score (nSPS) is 20.9. The average Bonchev–Trinajstić information content (AvgIpc) is 3.49. The van der Waals surface area contributed by atoms with Gasteiger partial charge in [0, 0.05) is 37.8 Å². The van der Waals surface area contributed by atoms with E-state index in [4.69, 9.17) is 0 Å². The second-order valence-electron chi connectivity index (χ2n) is 7.69. The Bertz CT molecular complexity index is 938. The van der Waals surface area contributed by atoms with E-state index < -0.39 is 10.0 Å². The standard InChI is InChI=1S/C21H27N3O3S2/c25-21(8-13-23-10-4-7-20(23)17-9-14-28-16-17)22-18-5-3-6-19(15-18)29(26,27)24-11-1-2-12-24/h3,5-6,9,14-16,20H,1-2,4,7-8,10-13H2,(H,22,25)/t20-/m1/s1. The number of likely N-dealkylation sites (tertiary alicyclic amines) is 1. The van der Waals surface area contributed by atoms with Crippen molar-refractivity contribution < 1.29 is 13.2 Å². The maximum Gasteiger partial charge on any atom is 0.243 e. The summed E-state index contributed by atoms with van der Waals surface area (Å²) in [5.41, 5.74) is 1.87. The fraction of sp³-hybridized carbons (Fsp3) is 0.476. The van der Waals surface area contributed by atoms with Gasteiger partial charge in [-0.3, -0.25) is 9.69 Å². The molecule has 2 aliphatic rings. The van der Waals surface area contributed by atoms with Crippen LogP contribution in [0.25, 0.3) is 0 Å². The number of hydrogen-bond acceptors (Lipinski definition) is 5. The minimum Gasteiger partial charge on any atom is -0.326 e. The number of nitrogens with zero attached hydrogens (tertiary/aromatic N) is 2. The fourth-order valence-corrected chi connectivity index (χ4v) is 6.49. The first-order valence-electron chi connectivity index (χ1n) is 10.2. The molecular formula is C21H27N3O3S2. The Kier molecular flexibility index (Phi) is 6.34. The lowest BCUT2D eigenvalue weighted by molar-refractivity contribution is -0.116. The van der Waals surface area contributed by atoms with Gasteiger partial charge >= 0.3 is 0 Å². The third-order valence-corrected chi connectivity index (χ3v) is 8.33. The first-order chi connectivity index (χ1) is 14.0. The molecule has 0 saturated carbocycles. The van der Waals surface area contributed by atoms with E-state index in [0.717, 1.165) is 32.2 Å². The van der Waals surface area contributed by atoms with Crippen LogP contribution in [0.1, 0.15) is 43.7 Å². The van der Waals surface area contributed by atoms with Crippen molar-refractivity contribution in [2.75, 3.05) is 31.5 Å². The van der Waals surface area contributed by atoms with Crippen molar-refractivity contribution in [3.63, 3.8) is 0 Å². The van der Waals surface area contributed by atoms with Gasteiger partial charge in [0.2, 0.25) is 15.9 Å². The van der Waals surface area contributed by atoms with Gasteiger partial charge in [-0.15, -0.1) is 0 Å². The van der Waals surface area contributed by atoms with Crippen LogP contribution in [0.3, 0.4) is 0 Å². The van der Waals surface area contributed by atoms with Crippen LogP contribution >= 0.6 is 11.3 Å². The summed E-state index contributed by atoms with van der Waals surface area (Å²) in [6, 6.07) is 9.16. The summed E-state index contributed by atoms with van der Waals surface area (Å²) < 4.78 is 27.0. The van der Waals surface area contributed by atoms with Crippen molar-refractivity contribution in [3.8, 4) is 0 Å². The van der Waals surface area contributed by atoms with Gasteiger partial charge < -0.3 is 5.32 Å². The van der Waals surface area contributed by atoms with E-state index in [1.54, 1.807) is 35.6 Å². The molecule has 0 unspecified atom stereocenters. The van der Waals surface area contributed by atoms with E-state index >= 15 is 0 Å². The van der Waals surface area contributed by atoms with Gasteiger partial charge in [-0.2, -0.15) is 15.6 Å². The van der Waals surface area contributed by atoms with Crippen LogP contribution < -0.4 is 5.32 Å². The summed E-state index contributed by atoms with van der Waals surface area (Å²) >= 11 is 1.71. The highest BCUT2D eigenvalue weighted by atomic mass is 32.2. The molecule has 6 nitrogen and oxygen atoms in total. The van der Waals surface area contributed by atoms with Crippen molar-refractivity contribution in [2.45, 2.75) is 43.0 Å². The largest absolute Gasteiger partial charge is 0.326 e. The summed E-state index contributed by atoms with van der Waals surface area (Å²) in [5.74, 6) is -0.0864. The number of hydrogen-bond donors (Lipinski definition) is 1. The lowest BCUT2D eigenvalue weighted by atomic mass is 10.1. The molecule has 2 saturated heterocycles. The molecule has 1 aromatic carbocycles. The van der Waals surface area contributed by atoms with Crippen LogP contribution in [-0.4, -0.2) is 49.7 Å². The molecule has 1 amide bonds. The summed E-state index contributed by atoms with van der Waals surface area (Å²) in [6.45, 7) is 2.86. The Hall–Kier alpha value is -1.74. The number of carbonyl (C=O) groups is 1. The summed E-state index contributed by atoms with van der Waals surface area (Å²) in [7, 11) is -3.48. The molecule has 29 heavy (non-hydrogen) atoms. The van der Waals surface area contributed by atoms with Gasteiger partial charge in [-0.1, -0.05) is 6.07 Å². The van der Waals surface area contributed by atoms with E-state index in [9.17, 15) is 13.2 Å². The quantitative estimate of drug-likeness (QED) is 0.723. The molecule has 156 valence electrons. The number of benzene rings is 1. The summed E-state index contributed by atoms with van der Waals surface area (Å²) in [5, 5.41) is 7.16. The van der Waals surface area contributed by atoms with Crippen molar-refractivity contribution in [1.82, 2.24) is 9.21 Å². The molecule has 1 aromatic heterocycles. The van der Waals surface area contributed by atoms with Crippen molar-refractivity contribution >= 4 is 33.0 Å². The Morgan fingerprint density at radius 1 is 1.14 bits per heavy atom. The fourth-order valence-electron chi connectivity index (χ4n) is 4.22. The second kappa shape index (κ2) is 8.95. The topological polar surface area (TPSA) is 69.7 Å². The Morgan fingerprint density at radius 3 is 2.72 bits per heavy atom. The zero-order valence-electron chi connectivity index (χ0n) is 16.4. The lowest BCUT2D eigenvalue weighted by Crippen LogP contribution is -2.28. The number of thiophene rings is 1.